The number of carbonyl (C=O) groups is 1. The first-order chi connectivity index (χ1) is 12.9. The first kappa shape index (κ1) is 20.1. The van der Waals surface area contributed by atoms with Crippen LogP contribution in [0.3, 0.4) is 0 Å². The zero-order valence-electron chi connectivity index (χ0n) is 15.0. The van der Waals surface area contributed by atoms with Crippen molar-refractivity contribution < 1.29 is 17.9 Å². The van der Waals surface area contributed by atoms with Crippen LogP contribution in [0.15, 0.2) is 34.5 Å². The van der Waals surface area contributed by atoms with Gasteiger partial charge in [0.2, 0.25) is 15.9 Å². The molecule has 3 rings (SSSR count). The molecule has 0 bridgehead atoms. The average molecular weight is 428 g/mol. The minimum atomic E-state index is -3.76. The summed E-state index contributed by atoms with van der Waals surface area (Å²) < 4.78 is 32.6. The number of hydrogen-bond donors (Lipinski definition) is 1. The van der Waals surface area contributed by atoms with Crippen LogP contribution in [-0.2, 0) is 21.4 Å². The van der Waals surface area contributed by atoms with Crippen LogP contribution in [0.2, 0.25) is 0 Å². The number of hydrogen-bond acceptors (Lipinski definition) is 7. The molecule has 1 N–H and O–H groups in total. The molecular weight excluding hydrogens is 406 g/mol. The highest BCUT2D eigenvalue weighted by Crippen LogP contribution is 2.29. The molecule has 7 nitrogen and oxygen atoms in total. The highest BCUT2D eigenvalue weighted by Gasteiger charge is 2.39. The van der Waals surface area contributed by atoms with Crippen molar-refractivity contribution in [2.45, 2.75) is 31.3 Å². The molecule has 1 aromatic heterocycles. The van der Waals surface area contributed by atoms with Gasteiger partial charge in [-0.2, -0.15) is 4.31 Å². The van der Waals surface area contributed by atoms with Crippen molar-refractivity contribution in [1.29, 1.82) is 0 Å². The number of amides is 1. The summed E-state index contributed by atoms with van der Waals surface area (Å²) in [6, 6.07) is 5.54. The topological polar surface area (TPSA) is 88.6 Å². The van der Waals surface area contributed by atoms with Crippen LogP contribution in [0.4, 0.5) is 0 Å². The number of rotatable bonds is 7. The number of nitrogens with zero attached hydrogens (tertiary/aromatic N) is 2. The molecule has 146 valence electrons. The number of aromatic nitrogens is 1. The van der Waals surface area contributed by atoms with Gasteiger partial charge in [0.05, 0.1) is 34.6 Å². The second kappa shape index (κ2) is 8.59. The van der Waals surface area contributed by atoms with E-state index in [1.165, 1.54) is 39.5 Å². The lowest BCUT2D eigenvalue weighted by atomic mass is 10.3. The molecule has 1 saturated heterocycles. The zero-order valence-corrected chi connectivity index (χ0v) is 17.5. The zero-order chi connectivity index (χ0) is 19.4. The summed E-state index contributed by atoms with van der Waals surface area (Å²) in [6.07, 6.45) is 0. The van der Waals surface area contributed by atoms with Gasteiger partial charge in [0.25, 0.3) is 0 Å². The number of nitrogens with one attached hydrogen (secondary N) is 1. The third-order valence-corrected chi connectivity index (χ3v) is 7.86. The molecule has 1 aliphatic rings. The van der Waals surface area contributed by atoms with Gasteiger partial charge in [-0.05, 0) is 38.1 Å². The van der Waals surface area contributed by atoms with Gasteiger partial charge in [0.1, 0.15) is 11.8 Å². The average Bonchev–Trinajstić information content (AvgIpc) is 3.30. The van der Waals surface area contributed by atoms with Crippen molar-refractivity contribution in [1.82, 2.24) is 14.6 Å². The van der Waals surface area contributed by atoms with Crippen LogP contribution in [0.1, 0.15) is 17.6 Å². The monoisotopic (exact) mass is 427 g/mol. The Morgan fingerprint density at radius 3 is 2.74 bits per heavy atom. The van der Waals surface area contributed by atoms with Gasteiger partial charge in [-0.1, -0.05) is 0 Å². The van der Waals surface area contributed by atoms with E-state index in [1.54, 1.807) is 12.1 Å². The maximum atomic E-state index is 13.0. The molecule has 0 radical (unpaired) electrons. The van der Waals surface area contributed by atoms with Gasteiger partial charge in [-0.25, -0.2) is 13.4 Å². The van der Waals surface area contributed by atoms with E-state index < -0.39 is 16.1 Å². The summed E-state index contributed by atoms with van der Waals surface area (Å²) in [6.45, 7) is 4.56. The second-order valence-electron chi connectivity index (χ2n) is 5.89. The fourth-order valence-corrected chi connectivity index (χ4v) is 6.43. The van der Waals surface area contributed by atoms with E-state index >= 15 is 0 Å². The minimum Gasteiger partial charge on any atom is -0.494 e. The van der Waals surface area contributed by atoms with E-state index in [0.29, 0.717) is 24.7 Å². The number of carbonyl (C=O) groups excluding carboxylic acids is 1. The summed E-state index contributed by atoms with van der Waals surface area (Å²) in [5, 5.41) is 5.61. The maximum absolute atomic E-state index is 13.0. The highest BCUT2D eigenvalue weighted by atomic mass is 32.2. The molecule has 1 aromatic carbocycles. The van der Waals surface area contributed by atoms with E-state index in [9.17, 15) is 13.2 Å². The lowest BCUT2D eigenvalue weighted by Gasteiger charge is -2.22. The molecule has 1 aliphatic heterocycles. The van der Waals surface area contributed by atoms with Crippen molar-refractivity contribution in [3.05, 3.63) is 40.3 Å². The number of ether oxygens (including phenoxy) is 1. The van der Waals surface area contributed by atoms with Crippen LogP contribution < -0.4 is 10.1 Å². The van der Waals surface area contributed by atoms with E-state index in [0.717, 1.165) is 10.7 Å². The molecule has 2 aromatic rings. The molecule has 2 heterocycles. The lowest BCUT2D eigenvalue weighted by Crippen LogP contribution is -2.46. The van der Waals surface area contributed by atoms with Crippen LogP contribution >= 0.6 is 23.1 Å². The Balaban J connectivity index is 1.71. The number of thiazole rings is 1. The Morgan fingerprint density at radius 1 is 1.37 bits per heavy atom. The molecule has 27 heavy (non-hydrogen) atoms. The molecule has 0 aliphatic carbocycles. The van der Waals surface area contributed by atoms with Crippen LogP contribution in [0.5, 0.6) is 5.75 Å². The van der Waals surface area contributed by atoms with Gasteiger partial charge in [-0.15, -0.1) is 23.1 Å². The van der Waals surface area contributed by atoms with E-state index in [4.69, 9.17) is 4.74 Å². The lowest BCUT2D eigenvalue weighted by molar-refractivity contribution is -0.124. The van der Waals surface area contributed by atoms with Crippen molar-refractivity contribution in [2.24, 2.45) is 0 Å². The van der Waals surface area contributed by atoms with Crippen molar-refractivity contribution >= 4 is 39.0 Å². The Labute approximate surface area is 167 Å². The summed E-state index contributed by atoms with van der Waals surface area (Å²) in [5.41, 5.74) is 0.775. The molecule has 1 fully saturated rings. The largest absolute Gasteiger partial charge is 0.494 e. The molecular formula is C17H21N3O4S3. The predicted octanol–water partition coefficient (Wildman–Crippen LogP) is 2.23. The summed E-state index contributed by atoms with van der Waals surface area (Å²) in [7, 11) is -3.76. The van der Waals surface area contributed by atoms with E-state index in [-0.39, 0.29) is 16.7 Å². The van der Waals surface area contributed by atoms with Gasteiger partial charge in [-0.3, -0.25) is 4.79 Å². The Kier molecular flexibility index (Phi) is 6.40. The fourth-order valence-electron chi connectivity index (χ4n) is 2.67. The number of benzene rings is 1. The van der Waals surface area contributed by atoms with Crippen LogP contribution in [-0.4, -0.2) is 47.9 Å². The number of aryl methyl sites for hydroxylation is 1. The molecule has 0 spiro atoms. The Bertz CT molecular complexity index is 896. The van der Waals surface area contributed by atoms with Gasteiger partial charge >= 0.3 is 0 Å². The molecule has 0 unspecified atom stereocenters. The highest BCUT2D eigenvalue weighted by molar-refractivity contribution is 8.00. The van der Waals surface area contributed by atoms with Crippen molar-refractivity contribution in [3.63, 3.8) is 0 Å². The van der Waals surface area contributed by atoms with Crippen LogP contribution in [0, 0.1) is 6.92 Å². The molecule has 1 amide bonds. The van der Waals surface area contributed by atoms with Gasteiger partial charge < -0.3 is 10.1 Å². The predicted molar refractivity (Wildman–Crippen MR) is 106 cm³/mol. The van der Waals surface area contributed by atoms with Gasteiger partial charge in [0.15, 0.2) is 0 Å². The van der Waals surface area contributed by atoms with Crippen molar-refractivity contribution in [2.75, 3.05) is 18.2 Å². The summed E-state index contributed by atoms with van der Waals surface area (Å²) in [5.74, 6) is 0.988. The van der Waals surface area contributed by atoms with Crippen molar-refractivity contribution in [3.8, 4) is 5.75 Å². The first-order valence-electron chi connectivity index (χ1n) is 8.43. The standard InChI is InChI=1S/C17H21N3O4S3/c1-3-24-14-4-6-15(7-5-14)27(22,23)20-11-25-10-16(20)17(21)18-8-13-9-26-12(2)19-13/h4-7,9,16H,3,8,10-11H2,1-2H3,(H,18,21)/t16-/m1/s1. The van der Waals surface area contributed by atoms with E-state index in [1.807, 2.05) is 19.2 Å². The van der Waals surface area contributed by atoms with Gasteiger partial charge in [0, 0.05) is 11.1 Å². The normalized spacial score (nSPS) is 17.8. The third-order valence-electron chi connectivity index (χ3n) is 4.00. The third kappa shape index (κ3) is 4.63. The first-order valence-corrected chi connectivity index (χ1v) is 11.9. The summed E-state index contributed by atoms with van der Waals surface area (Å²) >= 11 is 2.94. The maximum Gasteiger partial charge on any atom is 0.244 e. The molecule has 10 heteroatoms. The Morgan fingerprint density at radius 2 is 2.11 bits per heavy atom. The van der Waals surface area contributed by atoms with Crippen LogP contribution in [0.25, 0.3) is 0 Å². The quantitative estimate of drug-likeness (QED) is 0.729. The van der Waals surface area contributed by atoms with E-state index in [2.05, 4.69) is 10.3 Å². The number of thioether (sulfide) groups is 1. The SMILES string of the molecule is CCOc1ccc(S(=O)(=O)N2CSC[C@@H]2C(=O)NCc2csc(C)n2)cc1. The second-order valence-corrected chi connectivity index (χ2v) is 9.84. The smallest absolute Gasteiger partial charge is 0.244 e. The minimum absolute atomic E-state index is 0.154. The fraction of sp³-hybridized carbons (Fsp3) is 0.412. The molecule has 0 saturated carbocycles. The Hall–Kier alpha value is -1.62. The molecule has 1 atom stereocenters. The number of sulfonamides is 1. The summed E-state index contributed by atoms with van der Waals surface area (Å²) in [4.78, 5) is 17.0.